The van der Waals surface area contributed by atoms with Gasteiger partial charge in [0.2, 0.25) is 21.3 Å². The molecule has 7 rings (SSSR count). The van der Waals surface area contributed by atoms with Crippen molar-refractivity contribution in [2.75, 3.05) is 61.5 Å². The summed E-state index contributed by atoms with van der Waals surface area (Å²) in [5, 5.41) is 4.97. The Morgan fingerprint density at radius 3 is 2.17 bits per heavy atom. The Bertz CT molecular complexity index is 3300. The lowest BCUT2D eigenvalue weighted by atomic mass is 9.93. The fraction of sp³-hybridized carbons (Fsp3) is 0.309. The minimum Gasteiger partial charge on any atom is -0.497 e. The van der Waals surface area contributed by atoms with Crippen LogP contribution in [0.3, 0.4) is 0 Å². The van der Waals surface area contributed by atoms with E-state index in [1.54, 1.807) is 19.2 Å². The Kier molecular flexibility index (Phi) is 17.4. The molecule has 0 saturated carbocycles. The molecule has 380 valence electrons. The number of unbranched alkanes of at least 4 members (excludes halogenated alkanes) is 3. The van der Waals surface area contributed by atoms with E-state index in [4.69, 9.17) is 13.9 Å². The number of methoxy groups -OCH3 is 1. The van der Waals surface area contributed by atoms with Crippen molar-refractivity contribution >= 4 is 54.1 Å². The van der Waals surface area contributed by atoms with Crippen LogP contribution >= 0.6 is 0 Å². The van der Waals surface area contributed by atoms with Gasteiger partial charge in [0, 0.05) is 84.8 Å². The van der Waals surface area contributed by atoms with Gasteiger partial charge in [0.25, 0.3) is 10.1 Å². The molecule has 0 bridgehead atoms. The number of sulfonamides is 1. The number of hydrogen-bond donors (Lipinski definition) is 3. The molecule has 1 aliphatic heterocycles. The Labute approximate surface area is 421 Å². The van der Waals surface area contributed by atoms with E-state index >= 15 is 0 Å². The van der Waals surface area contributed by atoms with Crippen LogP contribution in [0, 0.1) is 5.82 Å². The third-order valence-electron chi connectivity index (χ3n) is 12.7. The number of fused-ring (bicyclic) bond motifs is 2. The fourth-order valence-corrected chi connectivity index (χ4v) is 10.8. The summed E-state index contributed by atoms with van der Waals surface area (Å²) in [5.41, 5.74) is 4.39. The molecule has 1 heterocycles. The zero-order valence-corrected chi connectivity index (χ0v) is 43.2. The van der Waals surface area contributed by atoms with E-state index in [0.717, 1.165) is 67.4 Å². The molecule has 0 aromatic heterocycles. The molecule has 0 fully saturated rings. The predicted molar refractivity (Wildman–Crippen MR) is 283 cm³/mol. The molecule has 1 aliphatic carbocycles. The Morgan fingerprint density at radius 1 is 0.764 bits per heavy atom. The SMILES string of the molecule is CCN(CC)c1ccc2c(-c3ccc(S(=O)(=O)NCCCCCCNc4ccc(OC)cc4CN(C(C)=O)c4cc(F)ccc4Oc4ccccc4)cc3S(=O)(=O)O)c3ccc(=[N+](CC)CC)cc-3oc2c1. The molecular weight excluding hydrogens is 958 g/mol. The largest absolute Gasteiger partial charge is 0.497 e. The third-order valence-corrected chi connectivity index (χ3v) is 15.0. The number of anilines is 3. The van der Waals surface area contributed by atoms with E-state index in [-0.39, 0.29) is 35.1 Å². The molecule has 14 nitrogen and oxygen atoms in total. The molecular formula is C55H63FN5O9S2+. The van der Waals surface area contributed by atoms with Crippen LogP contribution in [0.1, 0.15) is 65.9 Å². The van der Waals surface area contributed by atoms with Crippen LogP contribution in [0.5, 0.6) is 17.2 Å². The van der Waals surface area contributed by atoms with Crippen LogP contribution in [-0.2, 0) is 31.5 Å². The smallest absolute Gasteiger partial charge is 0.295 e. The number of halogens is 1. The number of carbonyl (C=O) groups is 1. The molecule has 5 aromatic rings. The number of nitrogens with one attached hydrogen (secondary N) is 2. The summed E-state index contributed by atoms with van der Waals surface area (Å²) in [4.78, 5) is 15.9. The lowest BCUT2D eigenvalue weighted by molar-refractivity contribution is -0.116. The maximum absolute atomic E-state index is 14.7. The molecule has 0 atom stereocenters. The third kappa shape index (κ3) is 12.4. The molecule has 2 aliphatic rings. The van der Waals surface area contributed by atoms with Crippen molar-refractivity contribution in [3.8, 4) is 39.7 Å². The lowest BCUT2D eigenvalue weighted by Gasteiger charge is -2.25. The normalized spacial score (nSPS) is 11.7. The summed E-state index contributed by atoms with van der Waals surface area (Å²) < 4.78 is 102. The summed E-state index contributed by atoms with van der Waals surface area (Å²) in [6.45, 7) is 13.4. The second-order valence-corrected chi connectivity index (χ2v) is 20.4. The topological polar surface area (TPSA) is 171 Å². The van der Waals surface area contributed by atoms with Gasteiger partial charge in [0.15, 0.2) is 5.75 Å². The molecule has 0 radical (unpaired) electrons. The summed E-state index contributed by atoms with van der Waals surface area (Å²) in [5.74, 6) is 1.09. The average Bonchev–Trinajstić information content (AvgIpc) is 3.37. The summed E-state index contributed by atoms with van der Waals surface area (Å²) in [6, 6.07) is 33.8. The quantitative estimate of drug-likeness (QED) is 0.0241. The fourth-order valence-electron chi connectivity index (χ4n) is 8.87. The Hall–Kier alpha value is -6.79. The summed E-state index contributed by atoms with van der Waals surface area (Å²) in [7, 11) is -7.60. The molecule has 1 amide bonds. The van der Waals surface area contributed by atoms with E-state index < -0.39 is 30.9 Å². The van der Waals surface area contributed by atoms with Crippen molar-refractivity contribution in [2.24, 2.45) is 0 Å². The van der Waals surface area contributed by atoms with E-state index in [2.05, 4.69) is 47.2 Å². The van der Waals surface area contributed by atoms with Crippen LogP contribution in [0.2, 0.25) is 0 Å². The lowest BCUT2D eigenvalue weighted by Crippen LogP contribution is -2.29. The zero-order chi connectivity index (χ0) is 51.6. The van der Waals surface area contributed by atoms with Crippen molar-refractivity contribution in [1.82, 2.24) is 9.30 Å². The highest BCUT2D eigenvalue weighted by Crippen LogP contribution is 2.44. The van der Waals surface area contributed by atoms with E-state index in [1.165, 1.54) is 42.2 Å². The van der Waals surface area contributed by atoms with Gasteiger partial charge >= 0.3 is 0 Å². The van der Waals surface area contributed by atoms with Crippen molar-refractivity contribution in [3.63, 3.8) is 0 Å². The minimum absolute atomic E-state index is 0.0876. The van der Waals surface area contributed by atoms with Gasteiger partial charge in [-0.1, -0.05) is 37.1 Å². The van der Waals surface area contributed by atoms with Gasteiger partial charge in [0.1, 0.15) is 46.6 Å². The standard InChI is InChI=1S/C55H62FN5O9S2/c1-7-59(8-2)41-21-25-46-52(34-41)70-53-35-42(60(9-3)10-4)22-26-47(53)55(46)48-27-24-45(36-54(48)72(65,66)67)71(63,64)58-31-17-12-11-16-30-57-49-28-23-44(68-6)32-39(49)37-61(38(5)62)50-33-40(56)20-29-51(50)69-43-18-14-13-15-19-43/h13-15,18-29,32-36,57-58H,7-12,16-17,30-31,37H2,1-6H3/p+1. The highest BCUT2D eigenvalue weighted by molar-refractivity contribution is 7.89. The highest BCUT2D eigenvalue weighted by Gasteiger charge is 2.28. The maximum atomic E-state index is 14.7. The van der Waals surface area contributed by atoms with Gasteiger partial charge < -0.3 is 29.0 Å². The van der Waals surface area contributed by atoms with Gasteiger partial charge in [-0.3, -0.25) is 9.35 Å². The van der Waals surface area contributed by atoms with Gasteiger partial charge in [0.05, 0.1) is 30.3 Å². The summed E-state index contributed by atoms with van der Waals surface area (Å²) in [6.07, 6.45) is 2.67. The molecule has 5 aromatic carbocycles. The Balaban J connectivity index is 1.03. The first-order valence-corrected chi connectivity index (χ1v) is 27.2. The average molecular weight is 1020 g/mol. The van der Waals surface area contributed by atoms with Crippen molar-refractivity contribution in [2.45, 2.75) is 76.6 Å². The summed E-state index contributed by atoms with van der Waals surface area (Å²) >= 11 is 0. The number of rotatable bonds is 23. The van der Waals surface area contributed by atoms with E-state index in [1.807, 2.05) is 72.8 Å². The van der Waals surface area contributed by atoms with E-state index in [9.17, 15) is 30.6 Å². The molecule has 0 spiro atoms. The first kappa shape index (κ1) is 53.0. The molecule has 0 saturated heterocycles. The molecule has 0 unspecified atom stereocenters. The number of para-hydroxylation sites is 1. The maximum Gasteiger partial charge on any atom is 0.295 e. The first-order valence-electron chi connectivity index (χ1n) is 24.2. The van der Waals surface area contributed by atoms with Crippen molar-refractivity contribution < 1.29 is 44.5 Å². The monoisotopic (exact) mass is 1020 g/mol. The van der Waals surface area contributed by atoms with Crippen molar-refractivity contribution in [1.29, 1.82) is 0 Å². The number of amides is 1. The second-order valence-electron chi connectivity index (χ2n) is 17.2. The number of ether oxygens (including phenoxy) is 2. The van der Waals surface area contributed by atoms with Gasteiger partial charge in [-0.05, 0) is 119 Å². The predicted octanol–water partition coefficient (Wildman–Crippen LogP) is 10.6. The van der Waals surface area contributed by atoms with Gasteiger partial charge in [-0.15, -0.1) is 0 Å². The van der Waals surface area contributed by atoms with E-state index in [0.29, 0.717) is 64.5 Å². The number of benzene rings is 6. The van der Waals surface area contributed by atoms with Crippen molar-refractivity contribution in [3.05, 3.63) is 138 Å². The molecule has 3 N–H and O–H groups in total. The van der Waals surface area contributed by atoms with Gasteiger partial charge in [-0.2, -0.15) is 8.42 Å². The number of carbonyl (C=O) groups excluding carboxylic acids is 1. The number of nitrogens with zero attached hydrogens (tertiary/aromatic N) is 3. The zero-order valence-electron chi connectivity index (χ0n) is 41.6. The van der Waals surface area contributed by atoms with Crippen LogP contribution in [0.4, 0.5) is 21.5 Å². The number of hydrogen-bond acceptors (Lipinski definition) is 10. The minimum atomic E-state index is -4.95. The van der Waals surface area contributed by atoms with Crippen LogP contribution in [0.15, 0.2) is 136 Å². The Morgan fingerprint density at radius 2 is 1.49 bits per heavy atom. The second kappa shape index (κ2) is 23.6. The van der Waals surface area contributed by atoms with Crippen LogP contribution < -0.4 is 39.2 Å². The van der Waals surface area contributed by atoms with Gasteiger partial charge in [-0.25, -0.2) is 22.1 Å². The van der Waals surface area contributed by atoms with Crippen LogP contribution in [-0.4, -0.2) is 73.7 Å². The highest BCUT2D eigenvalue weighted by atomic mass is 32.2. The molecule has 72 heavy (non-hydrogen) atoms. The molecule has 17 heteroatoms. The van der Waals surface area contributed by atoms with Crippen LogP contribution in [0.25, 0.3) is 33.4 Å². The first-order chi connectivity index (χ1) is 34.6.